The van der Waals surface area contributed by atoms with E-state index in [2.05, 4.69) is 22.8 Å². The third kappa shape index (κ3) is 5.55. The van der Waals surface area contributed by atoms with Gasteiger partial charge in [-0.05, 0) is 29.1 Å². The van der Waals surface area contributed by atoms with Crippen molar-refractivity contribution in [2.45, 2.75) is 13.1 Å². The lowest BCUT2D eigenvalue weighted by Crippen LogP contribution is -2.12. The number of aliphatic hydroxyl groups is 1. The van der Waals surface area contributed by atoms with Crippen LogP contribution in [0, 0.1) is 0 Å². The zero-order valence-electron chi connectivity index (χ0n) is 11.9. The van der Waals surface area contributed by atoms with Crippen LogP contribution in [0.15, 0.2) is 35.7 Å². The first-order valence-electron chi connectivity index (χ1n) is 6.47. The standard InChI is InChI=1S/C15H19NO3S.ClH/c1-18-15-9-12(4-5-14(15)19-7-6-17)10-16-11-13-3-2-8-20-13;/h2-5,8-9,16-17H,6-7,10-11H2,1H3;1H. The summed E-state index contributed by atoms with van der Waals surface area (Å²) in [6, 6.07) is 9.99. The van der Waals surface area contributed by atoms with E-state index in [4.69, 9.17) is 14.6 Å². The van der Waals surface area contributed by atoms with E-state index >= 15 is 0 Å². The topological polar surface area (TPSA) is 50.7 Å². The Morgan fingerprint density at radius 2 is 2.05 bits per heavy atom. The van der Waals surface area contributed by atoms with Crippen molar-refractivity contribution < 1.29 is 14.6 Å². The fourth-order valence-corrected chi connectivity index (χ4v) is 2.51. The predicted octanol–water partition coefficient (Wildman–Crippen LogP) is 2.84. The SMILES string of the molecule is COc1cc(CNCc2cccs2)ccc1OCCO.Cl. The van der Waals surface area contributed by atoms with Crippen molar-refractivity contribution in [2.24, 2.45) is 0 Å². The van der Waals surface area contributed by atoms with Crippen LogP contribution in [0.3, 0.4) is 0 Å². The molecule has 0 bridgehead atoms. The van der Waals surface area contributed by atoms with E-state index in [0.29, 0.717) is 11.5 Å². The summed E-state index contributed by atoms with van der Waals surface area (Å²) in [5.74, 6) is 1.34. The van der Waals surface area contributed by atoms with E-state index in [0.717, 1.165) is 18.7 Å². The Kier molecular flexibility index (Phi) is 8.15. The molecule has 0 aliphatic rings. The van der Waals surface area contributed by atoms with Crippen LogP contribution in [-0.4, -0.2) is 25.4 Å². The summed E-state index contributed by atoms with van der Waals surface area (Å²) in [5, 5.41) is 14.2. The van der Waals surface area contributed by atoms with Gasteiger partial charge in [0.15, 0.2) is 11.5 Å². The summed E-state index contributed by atoms with van der Waals surface area (Å²) >= 11 is 1.75. The number of methoxy groups -OCH3 is 1. The first-order valence-corrected chi connectivity index (χ1v) is 7.35. The Bertz CT molecular complexity index is 520. The van der Waals surface area contributed by atoms with Crippen LogP contribution in [0.25, 0.3) is 0 Å². The first kappa shape index (κ1) is 17.8. The molecule has 0 aliphatic carbocycles. The largest absolute Gasteiger partial charge is 0.493 e. The van der Waals surface area contributed by atoms with Gasteiger partial charge in [0.25, 0.3) is 0 Å². The predicted molar refractivity (Wildman–Crippen MR) is 87.7 cm³/mol. The minimum absolute atomic E-state index is 0. The number of hydrogen-bond acceptors (Lipinski definition) is 5. The highest BCUT2D eigenvalue weighted by molar-refractivity contribution is 7.09. The molecule has 1 heterocycles. The number of rotatable bonds is 8. The molecule has 0 spiro atoms. The van der Waals surface area contributed by atoms with Gasteiger partial charge in [-0.25, -0.2) is 0 Å². The fraction of sp³-hybridized carbons (Fsp3) is 0.333. The number of nitrogens with one attached hydrogen (secondary N) is 1. The number of ether oxygens (including phenoxy) is 2. The highest BCUT2D eigenvalue weighted by Crippen LogP contribution is 2.28. The van der Waals surface area contributed by atoms with Crippen molar-refractivity contribution >= 4 is 23.7 Å². The third-order valence-corrected chi connectivity index (χ3v) is 3.66. The first-order chi connectivity index (χ1) is 9.83. The van der Waals surface area contributed by atoms with Gasteiger partial charge in [0, 0.05) is 18.0 Å². The Labute approximate surface area is 135 Å². The molecule has 1 aromatic heterocycles. The van der Waals surface area contributed by atoms with E-state index in [1.165, 1.54) is 4.88 Å². The van der Waals surface area contributed by atoms with Crippen LogP contribution in [-0.2, 0) is 13.1 Å². The molecule has 0 fully saturated rings. The number of hydrogen-bond donors (Lipinski definition) is 2. The lowest BCUT2D eigenvalue weighted by atomic mass is 10.2. The monoisotopic (exact) mass is 329 g/mol. The maximum absolute atomic E-state index is 8.78. The van der Waals surface area contributed by atoms with Gasteiger partial charge in [-0.15, -0.1) is 23.7 Å². The Hall–Kier alpha value is -1.27. The van der Waals surface area contributed by atoms with E-state index in [1.54, 1.807) is 18.4 Å². The van der Waals surface area contributed by atoms with Crippen molar-refractivity contribution in [2.75, 3.05) is 20.3 Å². The summed E-state index contributed by atoms with van der Waals surface area (Å²) in [6.45, 7) is 1.90. The summed E-state index contributed by atoms with van der Waals surface area (Å²) in [4.78, 5) is 1.32. The van der Waals surface area contributed by atoms with E-state index in [1.807, 2.05) is 18.2 Å². The molecule has 1 aromatic carbocycles. The molecule has 0 unspecified atom stereocenters. The smallest absolute Gasteiger partial charge is 0.161 e. The zero-order chi connectivity index (χ0) is 14.2. The fourth-order valence-electron chi connectivity index (χ4n) is 1.84. The normalized spacial score (nSPS) is 10.0. The minimum Gasteiger partial charge on any atom is -0.493 e. The summed E-state index contributed by atoms with van der Waals surface area (Å²) in [6.07, 6.45) is 0. The molecule has 0 atom stereocenters. The van der Waals surface area contributed by atoms with Crippen molar-refractivity contribution in [1.82, 2.24) is 5.32 Å². The molecule has 0 saturated heterocycles. The molecular weight excluding hydrogens is 310 g/mol. The van der Waals surface area contributed by atoms with Crippen LogP contribution >= 0.6 is 23.7 Å². The molecule has 2 aromatic rings. The van der Waals surface area contributed by atoms with Gasteiger partial charge < -0.3 is 19.9 Å². The van der Waals surface area contributed by atoms with Gasteiger partial charge in [-0.1, -0.05) is 12.1 Å². The molecule has 0 radical (unpaired) electrons. The molecule has 116 valence electrons. The average Bonchev–Trinajstić information content (AvgIpc) is 2.99. The number of thiophene rings is 1. The van der Waals surface area contributed by atoms with Gasteiger partial charge in [0.2, 0.25) is 0 Å². The van der Waals surface area contributed by atoms with Crippen molar-refractivity contribution in [1.29, 1.82) is 0 Å². The molecule has 6 heteroatoms. The van der Waals surface area contributed by atoms with Crippen molar-refractivity contribution in [3.63, 3.8) is 0 Å². The third-order valence-electron chi connectivity index (χ3n) is 2.79. The van der Waals surface area contributed by atoms with E-state index in [9.17, 15) is 0 Å². The minimum atomic E-state index is -0.00667. The molecule has 0 amide bonds. The molecule has 2 rings (SSSR count). The van der Waals surface area contributed by atoms with Gasteiger partial charge in [0.05, 0.1) is 13.7 Å². The molecule has 21 heavy (non-hydrogen) atoms. The van der Waals surface area contributed by atoms with E-state index in [-0.39, 0.29) is 25.6 Å². The second-order valence-electron chi connectivity index (χ2n) is 4.24. The maximum Gasteiger partial charge on any atom is 0.161 e. The van der Waals surface area contributed by atoms with Crippen molar-refractivity contribution in [3.05, 3.63) is 46.2 Å². The molecule has 4 nitrogen and oxygen atoms in total. The Morgan fingerprint density at radius 3 is 2.71 bits per heavy atom. The average molecular weight is 330 g/mol. The Balaban J connectivity index is 0.00000220. The lowest BCUT2D eigenvalue weighted by Gasteiger charge is -2.11. The van der Waals surface area contributed by atoms with Gasteiger partial charge in [-0.3, -0.25) is 0 Å². The van der Waals surface area contributed by atoms with Gasteiger partial charge >= 0.3 is 0 Å². The second kappa shape index (κ2) is 9.63. The lowest BCUT2D eigenvalue weighted by molar-refractivity contribution is 0.196. The van der Waals surface area contributed by atoms with E-state index < -0.39 is 0 Å². The van der Waals surface area contributed by atoms with Gasteiger partial charge in [0.1, 0.15) is 6.61 Å². The summed E-state index contributed by atoms with van der Waals surface area (Å²) in [5.41, 5.74) is 1.13. The second-order valence-corrected chi connectivity index (χ2v) is 5.27. The van der Waals surface area contributed by atoms with Crippen LogP contribution in [0.1, 0.15) is 10.4 Å². The highest BCUT2D eigenvalue weighted by Gasteiger charge is 2.05. The number of aliphatic hydroxyl groups excluding tert-OH is 1. The maximum atomic E-state index is 8.78. The molecule has 2 N–H and O–H groups in total. The highest BCUT2D eigenvalue weighted by atomic mass is 35.5. The van der Waals surface area contributed by atoms with Crippen LogP contribution in [0.4, 0.5) is 0 Å². The van der Waals surface area contributed by atoms with Crippen molar-refractivity contribution in [3.8, 4) is 11.5 Å². The van der Waals surface area contributed by atoms with Crippen LogP contribution in [0.5, 0.6) is 11.5 Å². The van der Waals surface area contributed by atoms with Gasteiger partial charge in [-0.2, -0.15) is 0 Å². The van der Waals surface area contributed by atoms with Crippen LogP contribution in [0.2, 0.25) is 0 Å². The molecule has 0 aliphatic heterocycles. The quantitative estimate of drug-likeness (QED) is 0.782. The molecule has 0 saturated carbocycles. The number of benzene rings is 1. The summed E-state index contributed by atoms with van der Waals surface area (Å²) < 4.78 is 10.7. The zero-order valence-corrected chi connectivity index (χ0v) is 13.5. The molecular formula is C15H20ClNO3S. The Morgan fingerprint density at radius 1 is 1.19 bits per heavy atom. The van der Waals surface area contributed by atoms with Crippen LogP contribution < -0.4 is 14.8 Å². The number of halogens is 1. The summed E-state index contributed by atoms with van der Waals surface area (Å²) in [7, 11) is 1.62.